The molecule has 2 fully saturated rings. The van der Waals surface area contributed by atoms with Crippen molar-refractivity contribution in [1.82, 2.24) is 10.2 Å². The van der Waals surface area contributed by atoms with Gasteiger partial charge in [0.25, 0.3) is 0 Å². The van der Waals surface area contributed by atoms with Crippen LogP contribution in [0, 0.1) is 0 Å². The van der Waals surface area contributed by atoms with Gasteiger partial charge in [0.15, 0.2) is 0 Å². The Balaban J connectivity index is 1.75. The van der Waals surface area contributed by atoms with E-state index in [1.807, 2.05) is 0 Å². The minimum atomic E-state index is 0.389. The first kappa shape index (κ1) is 13.3. The van der Waals surface area contributed by atoms with Crippen molar-refractivity contribution < 1.29 is 4.74 Å². The topological polar surface area (TPSA) is 24.5 Å². The summed E-state index contributed by atoms with van der Waals surface area (Å²) < 4.78 is 5.69. The minimum absolute atomic E-state index is 0.389. The van der Waals surface area contributed by atoms with Crippen LogP contribution in [0.25, 0.3) is 0 Å². The van der Waals surface area contributed by atoms with E-state index in [4.69, 9.17) is 4.74 Å². The van der Waals surface area contributed by atoms with E-state index in [1.54, 1.807) is 0 Å². The van der Waals surface area contributed by atoms with Crippen LogP contribution >= 0.6 is 0 Å². The first-order valence-electron chi connectivity index (χ1n) is 7.27. The third-order valence-electron chi connectivity index (χ3n) is 4.28. The van der Waals surface area contributed by atoms with E-state index >= 15 is 0 Å². The molecule has 0 amide bonds. The molecule has 1 heterocycles. The maximum atomic E-state index is 5.69. The normalized spacial score (nSPS) is 34.1. The maximum absolute atomic E-state index is 5.69. The molecule has 3 atom stereocenters. The number of hydrogen-bond donors (Lipinski definition) is 1. The van der Waals surface area contributed by atoms with Crippen LogP contribution in [-0.2, 0) is 4.74 Å². The van der Waals surface area contributed by atoms with Crippen LogP contribution in [0.1, 0.15) is 46.5 Å². The van der Waals surface area contributed by atoms with E-state index < -0.39 is 0 Å². The zero-order valence-corrected chi connectivity index (χ0v) is 11.6. The van der Waals surface area contributed by atoms with Crippen LogP contribution in [-0.4, -0.2) is 48.8 Å². The molecule has 17 heavy (non-hydrogen) atoms. The summed E-state index contributed by atoms with van der Waals surface area (Å²) in [7, 11) is 0. The van der Waals surface area contributed by atoms with Crippen molar-refractivity contribution in [3.8, 4) is 0 Å². The minimum Gasteiger partial charge on any atom is -0.376 e. The molecule has 0 radical (unpaired) electrons. The fourth-order valence-corrected chi connectivity index (χ4v) is 3.13. The molecule has 0 aromatic rings. The molecule has 0 spiro atoms. The molecule has 2 aliphatic rings. The fourth-order valence-electron chi connectivity index (χ4n) is 3.13. The van der Waals surface area contributed by atoms with Crippen molar-refractivity contribution >= 4 is 0 Å². The van der Waals surface area contributed by atoms with Crippen LogP contribution < -0.4 is 5.32 Å². The molecule has 3 heteroatoms. The van der Waals surface area contributed by atoms with E-state index in [9.17, 15) is 0 Å². The number of nitrogens with zero attached hydrogens (tertiary/aromatic N) is 1. The van der Waals surface area contributed by atoms with Gasteiger partial charge in [-0.25, -0.2) is 0 Å². The molecule has 3 unspecified atom stereocenters. The maximum Gasteiger partial charge on any atom is 0.0674 e. The summed E-state index contributed by atoms with van der Waals surface area (Å²) in [6, 6.07) is 1.97. The average molecular weight is 240 g/mol. The lowest BCUT2D eigenvalue weighted by molar-refractivity contribution is -0.0632. The van der Waals surface area contributed by atoms with Gasteiger partial charge in [-0.1, -0.05) is 12.8 Å². The second kappa shape index (κ2) is 6.17. The zero-order valence-electron chi connectivity index (χ0n) is 11.6. The Kier molecular flexibility index (Phi) is 4.83. The van der Waals surface area contributed by atoms with Crippen LogP contribution in [0.15, 0.2) is 0 Å². The standard InChI is InChI=1S/C14H28N2O/c1-11(8-15-14-6-4-5-7-14)16-9-13(3)17-10-12(16)2/h11-15H,4-10H2,1-3H3. The summed E-state index contributed by atoms with van der Waals surface area (Å²) in [4.78, 5) is 2.59. The Morgan fingerprint density at radius 2 is 2.00 bits per heavy atom. The van der Waals surface area contributed by atoms with E-state index in [0.717, 1.165) is 25.7 Å². The van der Waals surface area contributed by atoms with Crippen LogP contribution in [0.5, 0.6) is 0 Å². The molecule has 1 saturated carbocycles. The molecule has 100 valence electrons. The van der Waals surface area contributed by atoms with Crippen molar-refractivity contribution in [2.24, 2.45) is 0 Å². The summed E-state index contributed by atoms with van der Waals surface area (Å²) in [5, 5.41) is 3.73. The van der Waals surface area contributed by atoms with Crippen molar-refractivity contribution in [2.75, 3.05) is 19.7 Å². The molecule has 1 saturated heterocycles. The van der Waals surface area contributed by atoms with E-state index in [1.165, 1.54) is 25.7 Å². The number of nitrogens with one attached hydrogen (secondary N) is 1. The predicted molar refractivity (Wildman–Crippen MR) is 71.3 cm³/mol. The Labute approximate surface area is 106 Å². The van der Waals surface area contributed by atoms with Gasteiger partial charge in [-0.3, -0.25) is 4.90 Å². The van der Waals surface area contributed by atoms with Gasteiger partial charge in [-0.05, 0) is 33.6 Å². The van der Waals surface area contributed by atoms with Gasteiger partial charge in [0.2, 0.25) is 0 Å². The van der Waals surface area contributed by atoms with Crippen LogP contribution in [0.3, 0.4) is 0 Å². The van der Waals surface area contributed by atoms with Gasteiger partial charge >= 0.3 is 0 Å². The highest BCUT2D eigenvalue weighted by atomic mass is 16.5. The second-order valence-corrected chi connectivity index (χ2v) is 5.93. The first-order chi connectivity index (χ1) is 8.16. The highest BCUT2D eigenvalue weighted by molar-refractivity contribution is 4.83. The second-order valence-electron chi connectivity index (χ2n) is 5.93. The van der Waals surface area contributed by atoms with E-state index in [-0.39, 0.29) is 0 Å². The Morgan fingerprint density at radius 1 is 1.29 bits per heavy atom. The van der Waals surface area contributed by atoms with Gasteiger partial charge in [-0.15, -0.1) is 0 Å². The molecule has 1 aliphatic heterocycles. The van der Waals surface area contributed by atoms with Gasteiger partial charge in [0.05, 0.1) is 12.7 Å². The van der Waals surface area contributed by atoms with Crippen LogP contribution in [0.4, 0.5) is 0 Å². The number of morpholine rings is 1. The van der Waals surface area contributed by atoms with Gasteiger partial charge in [0.1, 0.15) is 0 Å². The molecular weight excluding hydrogens is 212 g/mol. The number of rotatable bonds is 4. The fraction of sp³-hybridized carbons (Fsp3) is 1.00. The highest BCUT2D eigenvalue weighted by Crippen LogP contribution is 2.18. The van der Waals surface area contributed by atoms with E-state index in [2.05, 4.69) is 31.0 Å². The molecule has 1 N–H and O–H groups in total. The largest absolute Gasteiger partial charge is 0.376 e. The molecule has 2 rings (SSSR count). The molecule has 0 aromatic heterocycles. The Hall–Kier alpha value is -0.120. The Bertz CT molecular complexity index is 228. The smallest absolute Gasteiger partial charge is 0.0674 e. The van der Waals surface area contributed by atoms with Crippen LogP contribution in [0.2, 0.25) is 0 Å². The summed E-state index contributed by atoms with van der Waals surface area (Å²) in [6.07, 6.45) is 5.97. The van der Waals surface area contributed by atoms with Gasteiger partial charge < -0.3 is 10.1 Å². The summed E-state index contributed by atoms with van der Waals surface area (Å²) in [5.74, 6) is 0. The quantitative estimate of drug-likeness (QED) is 0.813. The van der Waals surface area contributed by atoms with Crippen molar-refractivity contribution in [2.45, 2.75) is 70.7 Å². The lowest BCUT2D eigenvalue weighted by Gasteiger charge is -2.41. The summed E-state index contributed by atoms with van der Waals surface area (Å²) in [5.41, 5.74) is 0. The number of ether oxygens (including phenoxy) is 1. The summed E-state index contributed by atoms with van der Waals surface area (Å²) in [6.45, 7) is 9.88. The predicted octanol–water partition coefficient (Wildman–Crippen LogP) is 2.02. The molecule has 3 nitrogen and oxygen atoms in total. The SMILES string of the molecule is CC1CN(C(C)CNC2CCCC2)C(C)CO1. The van der Waals surface area contributed by atoms with Crippen molar-refractivity contribution in [3.63, 3.8) is 0 Å². The molecule has 1 aliphatic carbocycles. The third-order valence-corrected chi connectivity index (χ3v) is 4.28. The first-order valence-corrected chi connectivity index (χ1v) is 7.27. The number of hydrogen-bond acceptors (Lipinski definition) is 3. The van der Waals surface area contributed by atoms with Gasteiger partial charge in [-0.2, -0.15) is 0 Å². The van der Waals surface area contributed by atoms with Gasteiger partial charge in [0, 0.05) is 31.2 Å². The highest BCUT2D eigenvalue weighted by Gasteiger charge is 2.27. The third kappa shape index (κ3) is 3.67. The lowest BCUT2D eigenvalue weighted by atomic mass is 10.1. The monoisotopic (exact) mass is 240 g/mol. The van der Waals surface area contributed by atoms with Crippen molar-refractivity contribution in [1.29, 1.82) is 0 Å². The lowest BCUT2D eigenvalue weighted by Crippen LogP contribution is -2.54. The van der Waals surface area contributed by atoms with E-state index in [0.29, 0.717) is 18.2 Å². The average Bonchev–Trinajstić information content (AvgIpc) is 2.82. The molecule has 0 aromatic carbocycles. The Morgan fingerprint density at radius 3 is 2.71 bits per heavy atom. The molecular formula is C14H28N2O. The van der Waals surface area contributed by atoms with Crippen molar-refractivity contribution in [3.05, 3.63) is 0 Å². The zero-order chi connectivity index (χ0) is 12.3. The summed E-state index contributed by atoms with van der Waals surface area (Å²) >= 11 is 0. The molecule has 0 bridgehead atoms.